The summed E-state index contributed by atoms with van der Waals surface area (Å²) >= 11 is 0. The average molecular weight is 783 g/mol. The second-order valence-electron chi connectivity index (χ2n) is 17.9. The second-order valence-corrected chi connectivity index (χ2v) is 17.9. The highest BCUT2D eigenvalue weighted by atomic mass is 16.3. The summed E-state index contributed by atoms with van der Waals surface area (Å²) in [5.41, 5.74) is 19.1. The van der Waals surface area contributed by atoms with Gasteiger partial charge in [-0.05, 0) is 120 Å². The van der Waals surface area contributed by atoms with Gasteiger partial charge in [0.25, 0.3) is 0 Å². The summed E-state index contributed by atoms with van der Waals surface area (Å²) in [6, 6.07) is 75.0. The lowest BCUT2D eigenvalue weighted by Gasteiger charge is -2.35. The van der Waals surface area contributed by atoms with Gasteiger partial charge < -0.3 is 4.42 Å². The molecule has 0 saturated heterocycles. The lowest BCUT2D eigenvalue weighted by molar-refractivity contribution is 0.622. The van der Waals surface area contributed by atoms with E-state index in [1.807, 2.05) is 0 Å². The molecular formula is C60H46O. The molecule has 0 N–H and O–H groups in total. The molecule has 1 heterocycles. The van der Waals surface area contributed by atoms with Gasteiger partial charge in [-0.25, -0.2) is 0 Å². The third-order valence-electron chi connectivity index (χ3n) is 14.3. The molecule has 292 valence electrons. The zero-order valence-corrected chi connectivity index (χ0v) is 34.7. The zero-order valence-electron chi connectivity index (χ0n) is 34.7. The van der Waals surface area contributed by atoms with Crippen molar-refractivity contribution in [2.45, 2.75) is 49.9 Å². The summed E-state index contributed by atoms with van der Waals surface area (Å²) in [6.07, 6.45) is 2.88. The van der Waals surface area contributed by atoms with Crippen molar-refractivity contribution in [2.24, 2.45) is 0 Å². The van der Waals surface area contributed by atoms with Crippen LogP contribution in [0.15, 0.2) is 205 Å². The quantitative estimate of drug-likeness (QED) is 0.150. The molecule has 10 aromatic rings. The minimum atomic E-state index is -0.473. The van der Waals surface area contributed by atoms with Gasteiger partial charge in [-0.15, -0.1) is 0 Å². The van der Waals surface area contributed by atoms with Crippen molar-refractivity contribution in [1.29, 1.82) is 0 Å². The number of para-hydroxylation sites is 1. The number of hydrogen-bond donors (Lipinski definition) is 0. The van der Waals surface area contributed by atoms with Crippen molar-refractivity contribution in [3.05, 3.63) is 250 Å². The van der Waals surface area contributed by atoms with E-state index < -0.39 is 5.41 Å². The molecule has 0 bridgehead atoms. The molecule has 9 aromatic carbocycles. The number of benzene rings is 9. The number of hydrogen-bond acceptors (Lipinski definition) is 1. The maximum atomic E-state index is 6.50. The monoisotopic (exact) mass is 782 g/mol. The highest BCUT2D eigenvalue weighted by Crippen LogP contribution is 2.58. The van der Waals surface area contributed by atoms with Gasteiger partial charge in [0.2, 0.25) is 0 Å². The molecule has 1 heteroatoms. The molecule has 1 aromatic heterocycles. The van der Waals surface area contributed by atoms with Crippen LogP contribution in [-0.2, 0) is 23.7 Å². The van der Waals surface area contributed by atoms with Crippen LogP contribution in [0.1, 0.15) is 76.3 Å². The number of fused-ring (bicyclic) bond motifs is 11. The third kappa shape index (κ3) is 5.39. The van der Waals surface area contributed by atoms with Crippen LogP contribution < -0.4 is 0 Å². The van der Waals surface area contributed by atoms with Gasteiger partial charge in [0.05, 0.1) is 5.41 Å². The fourth-order valence-electron chi connectivity index (χ4n) is 11.5. The van der Waals surface area contributed by atoms with Crippen LogP contribution in [0, 0.1) is 0 Å². The van der Waals surface area contributed by atoms with E-state index in [9.17, 15) is 0 Å². The lowest BCUT2D eigenvalue weighted by Crippen LogP contribution is -2.29. The molecule has 0 spiro atoms. The first-order chi connectivity index (χ1) is 30.0. The number of aryl methyl sites for hydroxylation is 1. The number of rotatable bonds is 8. The van der Waals surface area contributed by atoms with E-state index in [0.29, 0.717) is 0 Å². The summed E-state index contributed by atoms with van der Waals surface area (Å²) in [6.45, 7) is 4.74. The molecule has 0 amide bonds. The predicted molar refractivity (Wildman–Crippen MR) is 254 cm³/mol. The molecule has 0 fully saturated rings. The predicted octanol–water partition coefficient (Wildman–Crippen LogP) is 15.4. The molecule has 1 atom stereocenters. The summed E-state index contributed by atoms with van der Waals surface area (Å²) in [7, 11) is 0. The van der Waals surface area contributed by atoms with Gasteiger partial charge in [0, 0.05) is 16.2 Å². The molecule has 2 aliphatic carbocycles. The Bertz CT molecular complexity index is 3270. The molecule has 0 saturated carbocycles. The van der Waals surface area contributed by atoms with Gasteiger partial charge in [-0.3, -0.25) is 0 Å². The van der Waals surface area contributed by atoms with Crippen molar-refractivity contribution < 1.29 is 4.42 Å². The minimum Gasteiger partial charge on any atom is -0.456 e. The van der Waals surface area contributed by atoms with E-state index in [2.05, 4.69) is 214 Å². The molecule has 1 unspecified atom stereocenters. The van der Waals surface area contributed by atoms with Crippen LogP contribution in [0.3, 0.4) is 0 Å². The van der Waals surface area contributed by atoms with E-state index in [4.69, 9.17) is 4.42 Å². The van der Waals surface area contributed by atoms with E-state index >= 15 is 0 Å². The maximum absolute atomic E-state index is 6.50. The Kier molecular flexibility index (Phi) is 8.13. The van der Waals surface area contributed by atoms with Crippen molar-refractivity contribution >= 4 is 32.7 Å². The van der Waals surface area contributed by atoms with Gasteiger partial charge >= 0.3 is 0 Å². The van der Waals surface area contributed by atoms with Crippen LogP contribution >= 0.6 is 0 Å². The van der Waals surface area contributed by atoms with Gasteiger partial charge in [0.15, 0.2) is 0 Å². The standard InChI is InChI=1S/C60H46O/c1-59(2)52-25-13-11-22-47(52)51-37-40(30-35-53(51)59)36-42(45-24-15-27-56-57(45)50-23-12-14-26-55(50)61-56)31-28-39-29-33-48-49-34-32-41-16-9-10-21-46(41)58(49)60(54(48)38-39,43-17-5-3-6-18-43)44-19-7-4-8-20-44/h3-27,29-30,32-35,37-38,42H,28,31,36H2,1-2H3. The van der Waals surface area contributed by atoms with Crippen LogP contribution in [-0.4, -0.2) is 0 Å². The summed E-state index contributed by atoms with van der Waals surface area (Å²) in [5, 5.41) is 5.03. The Morgan fingerprint density at radius 3 is 1.92 bits per heavy atom. The maximum Gasteiger partial charge on any atom is 0.135 e. The van der Waals surface area contributed by atoms with Crippen molar-refractivity contribution in [3.63, 3.8) is 0 Å². The van der Waals surface area contributed by atoms with Crippen LogP contribution in [0.25, 0.3) is 55.0 Å². The first-order valence-electron chi connectivity index (χ1n) is 21.9. The summed E-state index contributed by atoms with van der Waals surface area (Å²) in [5.74, 6) is 0.259. The van der Waals surface area contributed by atoms with Crippen LogP contribution in [0.4, 0.5) is 0 Å². The fraction of sp³-hybridized carbons (Fsp3) is 0.133. The first-order valence-corrected chi connectivity index (χ1v) is 21.9. The molecule has 0 radical (unpaired) electrons. The van der Waals surface area contributed by atoms with Gasteiger partial charge in [-0.1, -0.05) is 202 Å². The summed E-state index contributed by atoms with van der Waals surface area (Å²) in [4.78, 5) is 0. The second kappa shape index (κ2) is 13.8. The smallest absolute Gasteiger partial charge is 0.135 e. The Balaban J connectivity index is 1.00. The highest BCUT2D eigenvalue weighted by Gasteiger charge is 2.47. The fourth-order valence-corrected chi connectivity index (χ4v) is 11.5. The Morgan fingerprint density at radius 2 is 1.10 bits per heavy atom. The van der Waals surface area contributed by atoms with Crippen molar-refractivity contribution in [1.82, 2.24) is 0 Å². The molecule has 2 aliphatic rings. The van der Waals surface area contributed by atoms with Crippen LogP contribution in [0.5, 0.6) is 0 Å². The van der Waals surface area contributed by atoms with Crippen molar-refractivity contribution in [2.75, 3.05) is 0 Å². The van der Waals surface area contributed by atoms with E-state index in [1.165, 1.54) is 93.9 Å². The molecule has 12 rings (SSSR count). The van der Waals surface area contributed by atoms with Gasteiger partial charge in [0.1, 0.15) is 11.2 Å². The average Bonchev–Trinajstić information content (AvgIpc) is 3.92. The Labute approximate surface area is 358 Å². The SMILES string of the molecule is CC1(C)c2ccccc2-c2cc(CC(CCc3ccc4c(c3)C(c3ccccc3)(c3ccccc3)c3c-4ccc4ccccc34)c3cccc4oc5ccccc5c34)ccc21. The zero-order chi connectivity index (χ0) is 40.7. The van der Waals surface area contributed by atoms with Crippen molar-refractivity contribution in [3.8, 4) is 22.3 Å². The van der Waals surface area contributed by atoms with Gasteiger partial charge in [-0.2, -0.15) is 0 Å². The van der Waals surface area contributed by atoms with E-state index in [0.717, 1.165) is 30.4 Å². The topological polar surface area (TPSA) is 13.1 Å². The Hall–Kier alpha value is -6.96. The molecule has 1 nitrogen and oxygen atoms in total. The molecular weight excluding hydrogens is 737 g/mol. The lowest BCUT2D eigenvalue weighted by atomic mass is 9.66. The van der Waals surface area contributed by atoms with E-state index in [1.54, 1.807) is 0 Å². The minimum absolute atomic E-state index is 0.0145. The Morgan fingerprint density at radius 1 is 0.459 bits per heavy atom. The molecule has 61 heavy (non-hydrogen) atoms. The summed E-state index contributed by atoms with van der Waals surface area (Å²) < 4.78 is 6.50. The molecule has 0 aliphatic heterocycles. The largest absolute Gasteiger partial charge is 0.456 e. The van der Waals surface area contributed by atoms with Crippen LogP contribution in [0.2, 0.25) is 0 Å². The van der Waals surface area contributed by atoms with E-state index in [-0.39, 0.29) is 11.3 Å². The highest BCUT2D eigenvalue weighted by molar-refractivity contribution is 6.07. The first kappa shape index (κ1) is 35.9. The normalized spacial score (nSPS) is 14.8. The third-order valence-corrected chi connectivity index (χ3v) is 14.3. The number of furan rings is 1.